The zero-order chi connectivity index (χ0) is 17.9. The molecule has 0 fully saturated rings. The zero-order valence-corrected chi connectivity index (χ0v) is 15.2. The highest BCUT2D eigenvalue weighted by Gasteiger charge is 2.15. The molecule has 4 nitrogen and oxygen atoms in total. The highest BCUT2D eigenvalue weighted by molar-refractivity contribution is 6.42. The summed E-state index contributed by atoms with van der Waals surface area (Å²) >= 11 is 11.8. The van der Waals surface area contributed by atoms with Gasteiger partial charge in [-0.05, 0) is 55.3 Å². The fraction of sp³-hybridized carbons (Fsp3) is 0.222. The molecule has 2 rings (SSSR count). The SMILES string of the molecule is Cc1ccc(C(=O)N(C)CC(=O)Nc2ccc(Cl)c(Cl)c2)cc1C. The molecule has 0 spiro atoms. The van der Waals surface area contributed by atoms with Crippen molar-refractivity contribution in [2.24, 2.45) is 0 Å². The molecule has 0 aromatic heterocycles. The van der Waals surface area contributed by atoms with E-state index in [9.17, 15) is 9.59 Å². The van der Waals surface area contributed by atoms with Crippen molar-refractivity contribution >= 4 is 40.7 Å². The third-order valence-electron chi connectivity index (χ3n) is 3.68. The van der Waals surface area contributed by atoms with Crippen molar-refractivity contribution in [2.75, 3.05) is 18.9 Å². The van der Waals surface area contributed by atoms with Crippen LogP contribution in [0.2, 0.25) is 10.0 Å². The average Bonchev–Trinajstić information content (AvgIpc) is 2.52. The predicted molar refractivity (Wildman–Crippen MR) is 98.0 cm³/mol. The number of aryl methyl sites for hydroxylation is 2. The van der Waals surface area contributed by atoms with E-state index >= 15 is 0 Å². The first-order valence-electron chi connectivity index (χ1n) is 7.35. The standard InChI is InChI=1S/C18H18Cl2N2O2/c1-11-4-5-13(8-12(11)2)18(24)22(3)10-17(23)21-14-6-7-15(19)16(20)9-14/h4-9H,10H2,1-3H3,(H,21,23). The lowest BCUT2D eigenvalue weighted by Gasteiger charge is -2.17. The normalized spacial score (nSPS) is 10.4. The van der Waals surface area contributed by atoms with Gasteiger partial charge in [-0.3, -0.25) is 9.59 Å². The number of halogens is 2. The minimum atomic E-state index is -0.312. The van der Waals surface area contributed by atoms with Gasteiger partial charge in [0.15, 0.2) is 0 Å². The van der Waals surface area contributed by atoms with Crippen LogP contribution in [0.1, 0.15) is 21.5 Å². The predicted octanol–water partition coefficient (Wildman–Crippen LogP) is 4.32. The quantitative estimate of drug-likeness (QED) is 0.877. The van der Waals surface area contributed by atoms with E-state index < -0.39 is 0 Å². The lowest BCUT2D eigenvalue weighted by molar-refractivity contribution is -0.116. The number of hydrogen-bond donors (Lipinski definition) is 1. The molecule has 0 bridgehead atoms. The molecule has 0 atom stereocenters. The molecule has 24 heavy (non-hydrogen) atoms. The maximum atomic E-state index is 12.4. The summed E-state index contributed by atoms with van der Waals surface area (Å²) in [6.45, 7) is 3.87. The van der Waals surface area contributed by atoms with Gasteiger partial charge in [-0.25, -0.2) is 0 Å². The van der Waals surface area contributed by atoms with Gasteiger partial charge >= 0.3 is 0 Å². The summed E-state index contributed by atoms with van der Waals surface area (Å²) in [7, 11) is 1.59. The van der Waals surface area contributed by atoms with Gasteiger partial charge < -0.3 is 10.2 Å². The van der Waals surface area contributed by atoms with Crippen LogP contribution >= 0.6 is 23.2 Å². The second kappa shape index (κ2) is 7.69. The van der Waals surface area contributed by atoms with Crippen molar-refractivity contribution in [1.29, 1.82) is 0 Å². The van der Waals surface area contributed by atoms with Crippen LogP contribution in [-0.2, 0) is 4.79 Å². The lowest BCUT2D eigenvalue weighted by atomic mass is 10.1. The molecule has 2 aromatic carbocycles. The van der Waals surface area contributed by atoms with E-state index in [1.165, 1.54) is 4.90 Å². The number of anilines is 1. The van der Waals surface area contributed by atoms with Gasteiger partial charge in [0.25, 0.3) is 5.91 Å². The molecule has 2 aromatic rings. The van der Waals surface area contributed by atoms with E-state index in [1.807, 2.05) is 26.0 Å². The van der Waals surface area contributed by atoms with Crippen molar-refractivity contribution in [1.82, 2.24) is 4.90 Å². The van der Waals surface area contributed by atoms with E-state index in [0.717, 1.165) is 11.1 Å². The number of benzene rings is 2. The summed E-state index contributed by atoms with van der Waals surface area (Å²) in [5.41, 5.74) is 3.24. The van der Waals surface area contributed by atoms with Gasteiger partial charge in [-0.1, -0.05) is 29.3 Å². The van der Waals surface area contributed by atoms with E-state index in [1.54, 1.807) is 31.3 Å². The largest absolute Gasteiger partial charge is 0.332 e. The van der Waals surface area contributed by atoms with Crippen LogP contribution in [0.15, 0.2) is 36.4 Å². The van der Waals surface area contributed by atoms with Crippen LogP contribution in [0, 0.1) is 13.8 Å². The minimum absolute atomic E-state index is 0.0635. The summed E-state index contributed by atoms with van der Waals surface area (Å²) in [5.74, 6) is -0.518. The maximum absolute atomic E-state index is 12.4. The van der Waals surface area contributed by atoms with Crippen molar-refractivity contribution in [3.05, 3.63) is 63.1 Å². The van der Waals surface area contributed by atoms with Gasteiger partial charge in [0.2, 0.25) is 5.91 Å². The Kier molecular flexibility index (Phi) is 5.86. The number of amides is 2. The number of carbonyl (C=O) groups excluding carboxylic acids is 2. The summed E-state index contributed by atoms with van der Waals surface area (Å²) < 4.78 is 0. The Morgan fingerprint density at radius 1 is 1.00 bits per heavy atom. The Labute approximate surface area is 151 Å². The molecule has 6 heteroatoms. The Morgan fingerprint density at radius 3 is 2.33 bits per heavy atom. The second-order valence-electron chi connectivity index (χ2n) is 5.64. The average molecular weight is 365 g/mol. The third-order valence-corrected chi connectivity index (χ3v) is 4.42. The van der Waals surface area contributed by atoms with Crippen LogP contribution in [0.3, 0.4) is 0 Å². The second-order valence-corrected chi connectivity index (χ2v) is 6.45. The number of likely N-dealkylation sites (N-methyl/N-ethyl adjacent to an activating group) is 1. The number of nitrogens with one attached hydrogen (secondary N) is 1. The Balaban J connectivity index is 2.01. The number of rotatable bonds is 4. The molecule has 0 aliphatic carbocycles. The minimum Gasteiger partial charge on any atom is -0.332 e. The van der Waals surface area contributed by atoms with Crippen LogP contribution in [0.25, 0.3) is 0 Å². The van der Waals surface area contributed by atoms with Crippen molar-refractivity contribution < 1.29 is 9.59 Å². The smallest absolute Gasteiger partial charge is 0.254 e. The Bertz CT molecular complexity index is 791. The Morgan fingerprint density at radius 2 is 1.71 bits per heavy atom. The van der Waals surface area contributed by atoms with Crippen molar-refractivity contribution in [2.45, 2.75) is 13.8 Å². The topological polar surface area (TPSA) is 49.4 Å². The Hall–Kier alpha value is -2.04. The molecule has 2 amide bonds. The molecule has 0 unspecified atom stereocenters. The molecule has 126 valence electrons. The number of nitrogens with zero attached hydrogens (tertiary/aromatic N) is 1. The summed E-state index contributed by atoms with van der Waals surface area (Å²) in [4.78, 5) is 25.9. The highest BCUT2D eigenvalue weighted by atomic mass is 35.5. The maximum Gasteiger partial charge on any atom is 0.254 e. The zero-order valence-electron chi connectivity index (χ0n) is 13.7. The molecule has 1 N–H and O–H groups in total. The highest BCUT2D eigenvalue weighted by Crippen LogP contribution is 2.25. The van der Waals surface area contributed by atoms with E-state index in [0.29, 0.717) is 21.3 Å². The van der Waals surface area contributed by atoms with E-state index in [-0.39, 0.29) is 18.4 Å². The molecule has 0 aliphatic heterocycles. The fourth-order valence-electron chi connectivity index (χ4n) is 2.16. The monoisotopic (exact) mass is 364 g/mol. The van der Waals surface area contributed by atoms with Gasteiger partial charge in [0.1, 0.15) is 0 Å². The first-order chi connectivity index (χ1) is 11.3. The third kappa shape index (κ3) is 4.49. The summed E-state index contributed by atoms with van der Waals surface area (Å²) in [5, 5.41) is 3.46. The van der Waals surface area contributed by atoms with E-state index in [2.05, 4.69) is 5.32 Å². The van der Waals surface area contributed by atoms with Gasteiger partial charge in [-0.2, -0.15) is 0 Å². The van der Waals surface area contributed by atoms with Crippen LogP contribution in [0.4, 0.5) is 5.69 Å². The molecule has 0 saturated heterocycles. The van der Waals surface area contributed by atoms with Crippen LogP contribution in [0.5, 0.6) is 0 Å². The summed E-state index contributed by atoms with van der Waals surface area (Å²) in [6.07, 6.45) is 0. The molecular formula is C18H18Cl2N2O2. The van der Waals surface area contributed by atoms with Crippen molar-refractivity contribution in [3.63, 3.8) is 0 Å². The van der Waals surface area contributed by atoms with Crippen molar-refractivity contribution in [3.8, 4) is 0 Å². The summed E-state index contributed by atoms with van der Waals surface area (Å²) in [6, 6.07) is 10.3. The fourth-order valence-corrected chi connectivity index (χ4v) is 2.45. The first kappa shape index (κ1) is 18.3. The molecule has 0 saturated carbocycles. The number of carbonyl (C=O) groups is 2. The van der Waals surface area contributed by atoms with Gasteiger partial charge in [-0.15, -0.1) is 0 Å². The van der Waals surface area contributed by atoms with Gasteiger partial charge in [0, 0.05) is 18.3 Å². The molecule has 0 radical (unpaired) electrons. The van der Waals surface area contributed by atoms with E-state index in [4.69, 9.17) is 23.2 Å². The van der Waals surface area contributed by atoms with Gasteiger partial charge in [0.05, 0.1) is 16.6 Å². The lowest BCUT2D eigenvalue weighted by Crippen LogP contribution is -2.35. The molecule has 0 heterocycles. The van der Waals surface area contributed by atoms with Crippen LogP contribution in [-0.4, -0.2) is 30.3 Å². The van der Waals surface area contributed by atoms with Crippen LogP contribution < -0.4 is 5.32 Å². The molecule has 0 aliphatic rings. The number of hydrogen-bond acceptors (Lipinski definition) is 2. The first-order valence-corrected chi connectivity index (χ1v) is 8.11. The molecular weight excluding hydrogens is 347 g/mol.